The first-order valence-corrected chi connectivity index (χ1v) is 7.69. The molecule has 1 saturated heterocycles. The van der Waals surface area contributed by atoms with Gasteiger partial charge in [-0.05, 0) is 33.6 Å². The molecule has 1 fully saturated rings. The van der Waals surface area contributed by atoms with Gasteiger partial charge in [-0.25, -0.2) is 13.6 Å². The normalized spacial score (nSPS) is 18.7. The SMILES string of the molecule is CCCN(CC(F)F)C(=O)[C@H]1CCN(C(=O)OC(C)(C)C)C1. The molecule has 1 atom stereocenters. The zero-order valence-corrected chi connectivity index (χ0v) is 13.8. The summed E-state index contributed by atoms with van der Waals surface area (Å²) in [5.74, 6) is -0.717. The Morgan fingerprint density at radius 2 is 2.00 bits per heavy atom. The fourth-order valence-electron chi connectivity index (χ4n) is 2.44. The summed E-state index contributed by atoms with van der Waals surface area (Å²) in [6.07, 6.45) is -1.89. The van der Waals surface area contributed by atoms with Crippen LogP contribution in [0.3, 0.4) is 0 Å². The lowest BCUT2D eigenvalue weighted by Gasteiger charge is -2.26. The van der Waals surface area contributed by atoms with E-state index in [1.54, 1.807) is 20.8 Å². The minimum atomic E-state index is -2.54. The van der Waals surface area contributed by atoms with E-state index in [0.717, 1.165) is 0 Å². The molecular weight excluding hydrogens is 294 g/mol. The van der Waals surface area contributed by atoms with Crippen LogP contribution >= 0.6 is 0 Å². The van der Waals surface area contributed by atoms with Crippen molar-refractivity contribution in [1.29, 1.82) is 0 Å². The maximum atomic E-state index is 12.6. The van der Waals surface area contributed by atoms with Crippen molar-refractivity contribution in [2.45, 2.75) is 52.6 Å². The smallest absolute Gasteiger partial charge is 0.410 e. The first-order chi connectivity index (χ1) is 10.1. The third-order valence-electron chi connectivity index (χ3n) is 3.35. The van der Waals surface area contributed by atoms with E-state index in [4.69, 9.17) is 4.74 Å². The topological polar surface area (TPSA) is 49.9 Å². The number of carbonyl (C=O) groups excluding carboxylic acids is 2. The highest BCUT2D eigenvalue weighted by Gasteiger charge is 2.35. The summed E-state index contributed by atoms with van der Waals surface area (Å²) in [6.45, 7) is 7.58. The zero-order valence-electron chi connectivity index (χ0n) is 13.8. The lowest BCUT2D eigenvalue weighted by molar-refractivity contribution is -0.137. The third-order valence-corrected chi connectivity index (χ3v) is 3.35. The number of nitrogens with zero attached hydrogens (tertiary/aromatic N) is 2. The van der Waals surface area contributed by atoms with E-state index in [0.29, 0.717) is 25.9 Å². The Bertz CT molecular complexity index is 397. The standard InChI is InChI=1S/C15H26F2N2O3/c1-5-7-18(10-12(16)17)13(20)11-6-8-19(9-11)14(21)22-15(2,3)4/h11-12H,5-10H2,1-4H3/t11-/m0/s1. The van der Waals surface area contributed by atoms with Crippen LogP contribution in [0, 0.1) is 5.92 Å². The van der Waals surface area contributed by atoms with Gasteiger partial charge in [0.05, 0.1) is 12.5 Å². The number of hydrogen-bond acceptors (Lipinski definition) is 3. The molecule has 0 aromatic carbocycles. The molecule has 0 aromatic heterocycles. The van der Waals surface area contributed by atoms with Gasteiger partial charge in [0.2, 0.25) is 5.91 Å². The molecule has 1 heterocycles. The fourth-order valence-corrected chi connectivity index (χ4v) is 2.44. The molecule has 7 heteroatoms. The molecule has 1 aliphatic heterocycles. The van der Waals surface area contributed by atoms with Crippen molar-refractivity contribution in [2.24, 2.45) is 5.92 Å². The molecule has 0 saturated carbocycles. The van der Waals surface area contributed by atoms with Crippen LogP contribution in [0.2, 0.25) is 0 Å². The molecule has 1 rings (SSSR count). The molecule has 0 N–H and O–H groups in total. The van der Waals surface area contributed by atoms with Crippen molar-refractivity contribution in [3.8, 4) is 0 Å². The quantitative estimate of drug-likeness (QED) is 0.782. The van der Waals surface area contributed by atoms with E-state index in [1.807, 2.05) is 6.92 Å². The molecule has 0 spiro atoms. The number of carbonyl (C=O) groups is 2. The summed E-state index contributed by atoms with van der Waals surface area (Å²) in [6, 6.07) is 0. The van der Waals surface area contributed by atoms with Crippen LogP contribution in [0.15, 0.2) is 0 Å². The summed E-state index contributed by atoms with van der Waals surface area (Å²) < 4.78 is 30.4. The molecule has 0 radical (unpaired) electrons. The number of ether oxygens (including phenoxy) is 1. The lowest BCUT2D eigenvalue weighted by Crippen LogP contribution is -2.41. The van der Waals surface area contributed by atoms with Crippen LogP contribution in [0.25, 0.3) is 0 Å². The highest BCUT2D eigenvalue weighted by atomic mass is 19.3. The average molecular weight is 320 g/mol. The minimum Gasteiger partial charge on any atom is -0.444 e. The van der Waals surface area contributed by atoms with E-state index in [1.165, 1.54) is 9.80 Å². The summed E-state index contributed by atoms with van der Waals surface area (Å²) in [7, 11) is 0. The second-order valence-corrected chi connectivity index (χ2v) is 6.59. The Morgan fingerprint density at radius 3 is 2.50 bits per heavy atom. The first-order valence-electron chi connectivity index (χ1n) is 7.69. The fraction of sp³-hybridized carbons (Fsp3) is 0.867. The Morgan fingerprint density at radius 1 is 1.36 bits per heavy atom. The van der Waals surface area contributed by atoms with Gasteiger partial charge in [-0.15, -0.1) is 0 Å². The van der Waals surface area contributed by atoms with Gasteiger partial charge in [0.25, 0.3) is 6.43 Å². The van der Waals surface area contributed by atoms with Crippen LogP contribution in [0.1, 0.15) is 40.5 Å². The monoisotopic (exact) mass is 320 g/mol. The largest absolute Gasteiger partial charge is 0.444 e. The lowest BCUT2D eigenvalue weighted by atomic mass is 10.1. The summed E-state index contributed by atoms with van der Waals surface area (Å²) in [4.78, 5) is 27.0. The van der Waals surface area contributed by atoms with Gasteiger partial charge in [0.15, 0.2) is 0 Å². The third kappa shape index (κ3) is 5.77. The van der Waals surface area contributed by atoms with Crippen molar-refractivity contribution in [3.05, 3.63) is 0 Å². The van der Waals surface area contributed by atoms with E-state index >= 15 is 0 Å². The Labute approximate surface area is 130 Å². The molecule has 0 aliphatic carbocycles. The summed E-state index contributed by atoms with van der Waals surface area (Å²) in [5, 5.41) is 0. The Hall–Kier alpha value is -1.40. The second-order valence-electron chi connectivity index (χ2n) is 6.59. The number of likely N-dealkylation sites (tertiary alicyclic amines) is 1. The molecule has 0 aromatic rings. The van der Waals surface area contributed by atoms with Crippen molar-refractivity contribution in [1.82, 2.24) is 9.80 Å². The van der Waals surface area contributed by atoms with Crippen LogP contribution in [-0.4, -0.2) is 60.0 Å². The van der Waals surface area contributed by atoms with Crippen molar-refractivity contribution in [3.63, 3.8) is 0 Å². The molecule has 22 heavy (non-hydrogen) atoms. The van der Waals surface area contributed by atoms with Crippen LogP contribution < -0.4 is 0 Å². The highest BCUT2D eigenvalue weighted by molar-refractivity contribution is 5.80. The summed E-state index contributed by atoms with van der Waals surface area (Å²) in [5.41, 5.74) is -0.594. The molecule has 5 nitrogen and oxygen atoms in total. The van der Waals surface area contributed by atoms with E-state index in [-0.39, 0.29) is 12.5 Å². The number of halogens is 2. The molecule has 0 unspecified atom stereocenters. The number of amides is 2. The Kier molecular flexibility index (Phi) is 6.56. The average Bonchev–Trinajstić information content (AvgIpc) is 2.84. The van der Waals surface area contributed by atoms with Crippen LogP contribution in [-0.2, 0) is 9.53 Å². The number of rotatable bonds is 5. The number of hydrogen-bond donors (Lipinski definition) is 0. The van der Waals surface area contributed by atoms with Gasteiger partial charge >= 0.3 is 6.09 Å². The predicted molar refractivity (Wildman–Crippen MR) is 78.8 cm³/mol. The maximum Gasteiger partial charge on any atom is 0.410 e. The molecular formula is C15H26F2N2O3. The maximum absolute atomic E-state index is 12.6. The van der Waals surface area contributed by atoms with Gasteiger partial charge in [0.1, 0.15) is 5.60 Å². The van der Waals surface area contributed by atoms with E-state index < -0.39 is 30.6 Å². The summed E-state index contributed by atoms with van der Waals surface area (Å²) >= 11 is 0. The molecule has 2 amide bonds. The van der Waals surface area contributed by atoms with Crippen LogP contribution in [0.5, 0.6) is 0 Å². The van der Waals surface area contributed by atoms with Crippen molar-refractivity contribution < 1.29 is 23.1 Å². The molecule has 0 bridgehead atoms. The van der Waals surface area contributed by atoms with Crippen molar-refractivity contribution in [2.75, 3.05) is 26.2 Å². The van der Waals surface area contributed by atoms with Crippen LogP contribution in [0.4, 0.5) is 13.6 Å². The number of alkyl halides is 2. The molecule has 128 valence electrons. The van der Waals surface area contributed by atoms with Crippen molar-refractivity contribution >= 4 is 12.0 Å². The zero-order chi connectivity index (χ0) is 16.9. The van der Waals surface area contributed by atoms with Gasteiger partial charge < -0.3 is 14.5 Å². The molecule has 1 aliphatic rings. The Balaban J connectivity index is 2.60. The highest BCUT2D eigenvalue weighted by Crippen LogP contribution is 2.22. The van der Waals surface area contributed by atoms with E-state index in [9.17, 15) is 18.4 Å². The van der Waals surface area contributed by atoms with Gasteiger partial charge in [-0.2, -0.15) is 0 Å². The van der Waals surface area contributed by atoms with E-state index in [2.05, 4.69) is 0 Å². The minimum absolute atomic E-state index is 0.233. The second kappa shape index (κ2) is 7.74. The first kappa shape index (κ1) is 18.6. The van der Waals surface area contributed by atoms with Gasteiger partial charge in [-0.3, -0.25) is 4.79 Å². The van der Waals surface area contributed by atoms with Gasteiger partial charge in [-0.1, -0.05) is 6.92 Å². The van der Waals surface area contributed by atoms with Gasteiger partial charge in [0, 0.05) is 19.6 Å². The predicted octanol–water partition coefficient (Wildman–Crippen LogP) is 2.75.